The molecule has 2 aromatic rings. The summed E-state index contributed by atoms with van der Waals surface area (Å²) in [5.74, 6) is 0.720. The summed E-state index contributed by atoms with van der Waals surface area (Å²) in [7, 11) is 0. The Labute approximate surface area is 98.4 Å². The van der Waals surface area contributed by atoms with E-state index in [-0.39, 0.29) is 5.56 Å². The smallest absolute Gasteiger partial charge is 0.264 e. The fourth-order valence-corrected chi connectivity index (χ4v) is 2.07. The predicted molar refractivity (Wildman–Crippen MR) is 64.7 cm³/mol. The van der Waals surface area contributed by atoms with E-state index in [0.717, 1.165) is 5.82 Å². The second-order valence-corrected chi connectivity index (χ2v) is 4.96. The molecule has 0 radical (unpaired) electrons. The van der Waals surface area contributed by atoms with Gasteiger partial charge in [-0.2, -0.15) is 0 Å². The van der Waals surface area contributed by atoms with Crippen molar-refractivity contribution in [2.45, 2.75) is 6.42 Å². The Hall–Kier alpha value is -0.690. The highest BCUT2D eigenvalue weighted by atomic mass is 127. The summed E-state index contributed by atoms with van der Waals surface area (Å²) in [6, 6.07) is 4.02. The van der Waals surface area contributed by atoms with Crippen molar-refractivity contribution in [3.8, 4) is 0 Å². The van der Waals surface area contributed by atoms with Gasteiger partial charge in [-0.25, -0.2) is 4.98 Å². The summed E-state index contributed by atoms with van der Waals surface area (Å²) in [5.41, 5.74) is -0.0628. The van der Waals surface area contributed by atoms with E-state index in [2.05, 4.69) is 9.97 Å². The molecular formula is C9H7IN2OS. The summed E-state index contributed by atoms with van der Waals surface area (Å²) in [6.45, 7) is 0. The third kappa shape index (κ3) is 2.21. The molecule has 0 saturated heterocycles. The highest BCUT2D eigenvalue weighted by molar-refractivity contribution is 14.1. The molecular weight excluding hydrogens is 311 g/mol. The van der Waals surface area contributed by atoms with Crippen molar-refractivity contribution in [1.82, 2.24) is 9.97 Å². The number of aromatic nitrogens is 2. The maximum atomic E-state index is 11.3. The first-order chi connectivity index (χ1) is 6.75. The van der Waals surface area contributed by atoms with Gasteiger partial charge >= 0.3 is 0 Å². The van der Waals surface area contributed by atoms with Crippen LogP contribution in [0, 0.1) is 3.57 Å². The van der Waals surface area contributed by atoms with E-state index in [9.17, 15) is 4.79 Å². The average molecular weight is 318 g/mol. The summed E-state index contributed by atoms with van der Waals surface area (Å²) in [5, 5.41) is 2.01. The van der Waals surface area contributed by atoms with Gasteiger partial charge in [-0.15, -0.1) is 11.3 Å². The molecule has 2 heterocycles. The third-order valence-corrected chi connectivity index (χ3v) is 3.38. The number of rotatable bonds is 2. The van der Waals surface area contributed by atoms with Gasteiger partial charge in [0.15, 0.2) is 0 Å². The Balaban J connectivity index is 2.26. The molecule has 2 rings (SSSR count). The Kier molecular flexibility index (Phi) is 2.97. The van der Waals surface area contributed by atoms with Crippen molar-refractivity contribution in [2.24, 2.45) is 0 Å². The summed E-state index contributed by atoms with van der Waals surface area (Å²) < 4.78 is 0.623. The molecule has 0 fully saturated rings. The van der Waals surface area contributed by atoms with E-state index in [1.807, 2.05) is 40.1 Å². The van der Waals surface area contributed by atoms with Crippen LogP contribution >= 0.6 is 33.9 Å². The Morgan fingerprint density at radius 2 is 2.43 bits per heavy atom. The zero-order valence-corrected chi connectivity index (χ0v) is 10.1. The topological polar surface area (TPSA) is 45.8 Å². The van der Waals surface area contributed by atoms with Gasteiger partial charge in [0.2, 0.25) is 0 Å². The van der Waals surface area contributed by atoms with E-state index < -0.39 is 0 Å². The minimum atomic E-state index is -0.0628. The minimum absolute atomic E-state index is 0.0628. The van der Waals surface area contributed by atoms with Crippen molar-refractivity contribution in [3.63, 3.8) is 0 Å². The molecule has 0 saturated carbocycles. The molecule has 0 spiro atoms. The first kappa shape index (κ1) is 9.85. The lowest BCUT2D eigenvalue weighted by Gasteiger charge is -1.97. The number of thiophene rings is 1. The monoisotopic (exact) mass is 318 g/mol. The number of nitrogens with zero attached hydrogens (tertiary/aromatic N) is 1. The minimum Gasteiger partial charge on any atom is -0.309 e. The van der Waals surface area contributed by atoms with Crippen LogP contribution in [0.25, 0.3) is 0 Å². The molecule has 3 nitrogen and oxygen atoms in total. The second-order valence-electron chi connectivity index (χ2n) is 2.76. The van der Waals surface area contributed by atoms with Crippen LogP contribution in [0.3, 0.4) is 0 Å². The fraction of sp³-hybridized carbons (Fsp3) is 0.111. The SMILES string of the molecule is O=c1[nH]c(Cc2cccs2)ncc1I. The van der Waals surface area contributed by atoms with Crippen LogP contribution in [-0.4, -0.2) is 9.97 Å². The van der Waals surface area contributed by atoms with Crippen molar-refractivity contribution in [1.29, 1.82) is 0 Å². The van der Waals surface area contributed by atoms with Gasteiger partial charge < -0.3 is 4.98 Å². The van der Waals surface area contributed by atoms with Crippen molar-refractivity contribution in [3.05, 3.63) is 48.3 Å². The molecule has 5 heteroatoms. The number of aromatic amines is 1. The highest BCUT2D eigenvalue weighted by Gasteiger charge is 2.01. The molecule has 14 heavy (non-hydrogen) atoms. The van der Waals surface area contributed by atoms with E-state index in [4.69, 9.17) is 0 Å². The van der Waals surface area contributed by atoms with Crippen LogP contribution in [0.2, 0.25) is 0 Å². The molecule has 0 aliphatic rings. The van der Waals surface area contributed by atoms with Gasteiger partial charge in [-0.05, 0) is 34.0 Å². The highest BCUT2D eigenvalue weighted by Crippen LogP contribution is 2.11. The summed E-state index contributed by atoms with van der Waals surface area (Å²) in [6.07, 6.45) is 2.30. The summed E-state index contributed by atoms with van der Waals surface area (Å²) >= 11 is 3.63. The predicted octanol–water partition coefficient (Wildman–Crippen LogP) is 2.03. The quantitative estimate of drug-likeness (QED) is 0.861. The average Bonchev–Trinajstić information content (AvgIpc) is 2.64. The lowest BCUT2D eigenvalue weighted by Crippen LogP contribution is -2.13. The van der Waals surface area contributed by atoms with Gasteiger partial charge in [-0.1, -0.05) is 6.07 Å². The van der Waals surface area contributed by atoms with E-state index in [1.165, 1.54) is 4.88 Å². The van der Waals surface area contributed by atoms with Crippen LogP contribution in [0.1, 0.15) is 10.7 Å². The van der Waals surface area contributed by atoms with E-state index >= 15 is 0 Å². The number of nitrogens with one attached hydrogen (secondary N) is 1. The lowest BCUT2D eigenvalue weighted by atomic mass is 10.3. The second kappa shape index (κ2) is 4.22. The maximum absolute atomic E-state index is 11.3. The number of H-pyrrole nitrogens is 1. The number of hydrogen-bond donors (Lipinski definition) is 1. The third-order valence-electron chi connectivity index (χ3n) is 1.73. The van der Waals surface area contributed by atoms with Gasteiger partial charge in [0.05, 0.1) is 3.57 Å². The molecule has 0 bridgehead atoms. The van der Waals surface area contributed by atoms with Gasteiger partial charge in [0, 0.05) is 17.5 Å². The molecule has 2 aromatic heterocycles. The maximum Gasteiger partial charge on any atom is 0.264 e. The van der Waals surface area contributed by atoms with Crippen molar-refractivity contribution in [2.75, 3.05) is 0 Å². The molecule has 72 valence electrons. The van der Waals surface area contributed by atoms with Crippen LogP contribution in [-0.2, 0) is 6.42 Å². The van der Waals surface area contributed by atoms with Gasteiger partial charge in [0.25, 0.3) is 5.56 Å². The zero-order valence-electron chi connectivity index (χ0n) is 7.16. The van der Waals surface area contributed by atoms with Crippen LogP contribution < -0.4 is 5.56 Å². The van der Waals surface area contributed by atoms with Crippen LogP contribution in [0.4, 0.5) is 0 Å². The fourth-order valence-electron chi connectivity index (χ4n) is 1.08. The molecule has 0 aliphatic carbocycles. The molecule has 1 N–H and O–H groups in total. The molecule has 0 amide bonds. The van der Waals surface area contributed by atoms with Gasteiger partial charge in [0.1, 0.15) is 5.82 Å². The van der Waals surface area contributed by atoms with Crippen molar-refractivity contribution >= 4 is 33.9 Å². The van der Waals surface area contributed by atoms with Crippen LogP contribution in [0.5, 0.6) is 0 Å². The summed E-state index contributed by atoms with van der Waals surface area (Å²) in [4.78, 5) is 19.4. The van der Waals surface area contributed by atoms with E-state index in [1.54, 1.807) is 17.5 Å². The Morgan fingerprint density at radius 3 is 3.07 bits per heavy atom. The van der Waals surface area contributed by atoms with E-state index in [0.29, 0.717) is 9.99 Å². The molecule has 0 aliphatic heterocycles. The number of hydrogen-bond acceptors (Lipinski definition) is 3. The molecule has 0 unspecified atom stereocenters. The first-order valence-electron chi connectivity index (χ1n) is 4.02. The van der Waals surface area contributed by atoms with Gasteiger partial charge in [-0.3, -0.25) is 4.79 Å². The standard InChI is InChI=1S/C9H7IN2OS/c10-7-5-11-8(12-9(7)13)4-6-2-1-3-14-6/h1-3,5H,4H2,(H,11,12,13). The molecule has 0 aromatic carbocycles. The largest absolute Gasteiger partial charge is 0.309 e. The zero-order chi connectivity index (χ0) is 9.97. The molecule has 0 atom stereocenters. The van der Waals surface area contributed by atoms with Crippen molar-refractivity contribution < 1.29 is 0 Å². The normalized spacial score (nSPS) is 10.4. The number of halogens is 1. The Bertz CT molecular complexity index is 478. The lowest BCUT2D eigenvalue weighted by molar-refractivity contribution is 0.946. The Morgan fingerprint density at radius 1 is 1.57 bits per heavy atom. The first-order valence-corrected chi connectivity index (χ1v) is 5.97. The van der Waals surface area contributed by atoms with Crippen LogP contribution in [0.15, 0.2) is 28.5 Å².